The van der Waals surface area contributed by atoms with Crippen LogP contribution in [0.5, 0.6) is 0 Å². The minimum absolute atomic E-state index is 0.0685. The Balaban J connectivity index is 2.53. The molecule has 1 heterocycles. The van der Waals surface area contributed by atoms with Gasteiger partial charge in [-0.05, 0) is 38.5 Å². The zero-order valence-electron chi connectivity index (χ0n) is 35.4. The lowest BCUT2D eigenvalue weighted by Gasteiger charge is -2.40. The number of hydrogen-bond acceptors (Lipinski definition) is 11. The summed E-state index contributed by atoms with van der Waals surface area (Å²) in [5, 5.41) is 30.8. The van der Waals surface area contributed by atoms with Gasteiger partial charge in [-0.15, -0.1) is 0 Å². The molecule has 0 amide bonds. The normalized spacial score (nSPS) is 21.0. The van der Waals surface area contributed by atoms with Crippen LogP contribution in [0.1, 0.15) is 155 Å². The van der Waals surface area contributed by atoms with E-state index in [0.29, 0.717) is 12.8 Å². The molecule has 13 heteroatoms. The highest BCUT2D eigenvalue weighted by molar-refractivity contribution is 7.85. The van der Waals surface area contributed by atoms with Gasteiger partial charge in [0.2, 0.25) is 0 Å². The lowest BCUT2D eigenvalue weighted by Crippen LogP contribution is -2.60. The summed E-state index contributed by atoms with van der Waals surface area (Å²) in [7, 11) is -4.61. The monoisotopic (exact) mass is 841 g/mol. The van der Waals surface area contributed by atoms with E-state index in [1.807, 2.05) is 18.2 Å². The summed E-state index contributed by atoms with van der Waals surface area (Å²) in [6.45, 7) is 3.55. The molecule has 1 aliphatic rings. The molecule has 0 saturated carbocycles. The molecule has 1 rings (SSSR count). The van der Waals surface area contributed by atoms with Crippen LogP contribution in [0.4, 0.5) is 0 Å². The predicted octanol–water partition coefficient (Wildman–Crippen LogP) is 8.56. The molecule has 12 nitrogen and oxygen atoms in total. The van der Waals surface area contributed by atoms with E-state index in [9.17, 15) is 37.9 Å². The fourth-order valence-corrected chi connectivity index (χ4v) is 6.97. The van der Waals surface area contributed by atoms with Gasteiger partial charge in [0.1, 0.15) is 36.8 Å². The summed E-state index contributed by atoms with van der Waals surface area (Å²) in [5.74, 6) is -2.15. The molecule has 1 fully saturated rings. The first-order valence-corrected chi connectivity index (χ1v) is 23.5. The van der Waals surface area contributed by atoms with Crippen LogP contribution in [-0.4, -0.2) is 96.0 Å². The van der Waals surface area contributed by atoms with Crippen LogP contribution < -0.4 is 0 Å². The summed E-state index contributed by atoms with van der Waals surface area (Å²) in [6, 6.07) is 0. The van der Waals surface area contributed by atoms with Gasteiger partial charge in [0.25, 0.3) is 10.1 Å². The van der Waals surface area contributed by atoms with Crippen molar-refractivity contribution in [3.05, 3.63) is 60.8 Å². The molecule has 1 aliphatic heterocycles. The van der Waals surface area contributed by atoms with Crippen molar-refractivity contribution in [3.8, 4) is 0 Å². The van der Waals surface area contributed by atoms with Gasteiger partial charge >= 0.3 is 11.9 Å². The summed E-state index contributed by atoms with van der Waals surface area (Å²) < 4.78 is 53.9. The number of ether oxygens (including phenoxy) is 4. The zero-order valence-corrected chi connectivity index (χ0v) is 36.2. The Labute approximate surface area is 349 Å². The van der Waals surface area contributed by atoms with E-state index in [1.54, 1.807) is 6.08 Å². The number of esters is 2. The molecule has 0 radical (unpaired) electrons. The van der Waals surface area contributed by atoms with Crippen LogP contribution in [0.3, 0.4) is 0 Å². The Morgan fingerprint density at radius 3 is 1.55 bits per heavy atom. The quantitative estimate of drug-likeness (QED) is 0.0207. The Kier molecular flexibility index (Phi) is 32.3. The van der Waals surface area contributed by atoms with E-state index in [4.69, 9.17) is 18.9 Å². The van der Waals surface area contributed by atoms with Gasteiger partial charge in [-0.1, -0.05) is 164 Å². The lowest BCUT2D eigenvalue weighted by atomic mass is 10.00. The molecule has 6 unspecified atom stereocenters. The largest absolute Gasteiger partial charge is 0.462 e. The fraction of sp³-hybridized carbons (Fsp3) is 0.733. The molecule has 4 N–H and O–H groups in total. The number of carbonyl (C=O) groups is 2. The van der Waals surface area contributed by atoms with Gasteiger partial charge in [0.15, 0.2) is 12.4 Å². The van der Waals surface area contributed by atoms with Gasteiger partial charge in [-0.3, -0.25) is 14.1 Å². The van der Waals surface area contributed by atoms with E-state index in [2.05, 4.69) is 50.3 Å². The topological polar surface area (TPSA) is 186 Å². The van der Waals surface area contributed by atoms with Crippen molar-refractivity contribution >= 4 is 22.1 Å². The second-order valence-corrected chi connectivity index (χ2v) is 16.5. The van der Waals surface area contributed by atoms with E-state index < -0.39 is 71.2 Å². The Bertz CT molecular complexity index is 1310. The van der Waals surface area contributed by atoms with Crippen molar-refractivity contribution in [2.45, 2.75) is 192 Å². The average Bonchev–Trinajstić information content (AvgIpc) is 3.18. The highest BCUT2D eigenvalue weighted by Gasteiger charge is 2.46. The Morgan fingerprint density at radius 1 is 0.603 bits per heavy atom. The Morgan fingerprint density at radius 2 is 1.07 bits per heavy atom. The summed E-state index contributed by atoms with van der Waals surface area (Å²) in [6.07, 6.45) is 33.0. The van der Waals surface area contributed by atoms with Crippen molar-refractivity contribution in [3.63, 3.8) is 0 Å². The molecule has 0 spiro atoms. The molecule has 1 saturated heterocycles. The maximum Gasteiger partial charge on any atom is 0.310 e. The summed E-state index contributed by atoms with van der Waals surface area (Å²) >= 11 is 0. The molecule has 0 bridgehead atoms. The second kappa shape index (κ2) is 35.1. The highest BCUT2D eigenvalue weighted by atomic mass is 32.2. The fourth-order valence-electron chi connectivity index (χ4n) is 6.28. The van der Waals surface area contributed by atoms with Crippen molar-refractivity contribution < 1.29 is 56.8 Å². The van der Waals surface area contributed by atoms with Crippen molar-refractivity contribution in [2.75, 3.05) is 19.0 Å². The van der Waals surface area contributed by atoms with Gasteiger partial charge in [0.05, 0.1) is 13.0 Å². The van der Waals surface area contributed by atoms with Crippen molar-refractivity contribution in [1.29, 1.82) is 0 Å². The number of hydrogen-bond donors (Lipinski definition) is 4. The maximum atomic E-state index is 12.7. The first-order valence-electron chi connectivity index (χ1n) is 21.8. The highest BCUT2D eigenvalue weighted by Crippen LogP contribution is 2.24. The zero-order chi connectivity index (χ0) is 42.7. The lowest BCUT2D eigenvalue weighted by molar-refractivity contribution is -0.297. The standard InChI is InChI=1S/C45H76O12S/c1-3-5-7-9-11-13-15-17-19-21-23-25-27-29-31-33-40(46)54-35-38(36-55-45-44(50)43(49)42(48)39(57-45)37-58(51,52)53)56-41(47)34-32-30-28-26-24-22-20-18-16-14-12-10-8-6-4-2/h6,8,12,14,18,20,24,26,30,32,38-39,42-45,48-50H,3-5,7,9-11,13,15-17,19,21-23,25,27-29,31,33-37H2,1-2H3,(H,51,52,53)/b8-6-,14-12-,20-18-,26-24-,32-30-. The van der Waals surface area contributed by atoms with Crippen molar-refractivity contribution in [1.82, 2.24) is 0 Å². The van der Waals surface area contributed by atoms with E-state index >= 15 is 0 Å². The van der Waals surface area contributed by atoms with Crippen LogP contribution in [0.2, 0.25) is 0 Å². The van der Waals surface area contributed by atoms with Gasteiger partial charge in [-0.25, -0.2) is 0 Å². The number of aliphatic hydroxyl groups excluding tert-OH is 3. The SMILES string of the molecule is CC/C=C\C/C=C\C/C=C\C/C=C\C/C=C\CC(=O)OC(COC(=O)CCCCCCCCCCCCCCCCC)COC1OC(CS(=O)(=O)O)C(O)C(O)C1O. The van der Waals surface area contributed by atoms with Gasteiger partial charge in [-0.2, -0.15) is 8.42 Å². The molecular formula is C45H76O12S. The average molecular weight is 841 g/mol. The minimum Gasteiger partial charge on any atom is -0.462 e. The molecule has 58 heavy (non-hydrogen) atoms. The van der Waals surface area contributed by atoms with Gasteiger partial charge < -0.3 is 34.3 Å². The molecule has 0 aromatic rings. The summed E-state index contributed by atoms with van der Waals surface area (Å²) in [4.78, 5) is 25.3. The third kappa shape index (κ3) is 29.5. The third-order valence-electron chi connectivity index (χ3n) is 9.64. The predicted molar refractivity (Wildman–Crippen MR) is 229 cm³/mol. The molecule has 0 aromatic heterocycles. The van der Waals surface area contributed by atoms with Crippen LogP contribution in [-0.2, 0) is 38.7 Å². The number of carbonyl (C=O) groups excluding carboxylic acids is 2. The molecule has 0 aromatic carbocycles. The number of aliphatic hydroxyl groups is 3. The number of allylic oxidation sites excluding steroid dienone is 9. The van der Waals surface area contributed by atoms with E-state index in [1.165, 1.54) is 70.6 Å². The van der Waals surface area contributed by atoms with Crippen LogP contribution in [0.25, 0.3) is 0 Å². The third-order valence-corrected chi connectivity index (χ3v) is 10.4. The van der Waals surface area contributed by atoms with Crippen molar-refractivity contribution in [2.24, 2.45) is 0 Å². The van der Waals surface area contributed by atoms with E-state index in [0.717, 1.165) is 44.9 Å². The van der Waals surface area contributed by atoms with Crippen LogP contribution >= 0.6 is 0 Å². The van der Waals surface area contributed by atoms with E-state index in [-0.39, 0.29) is 19.4 Å². The molecule has 0 aliphatic carbocycles. The smallest absolute Gasteiger partial charge is 0.310 e. The van der Waals surface area contributed by atoms with Crippen LogP contribution in [0, 0.1) is 0 Å². The second-order valence-electron chi connectivity index (χ2n) is 15.0. The molecule has 6 atom stereocenters. The molecular weight excluding hydrogens is 765 g/mol. The maximum absolute atomic E-state index is 12.7. The number of unbranched alkanes of at least 4 members (excludes halogenated alkanes) is 14. The Hall–Kier alpha value is -2.65. The first-order chi connectivity index (χ1) is 28.0. The summed E-state index contributed by atoms with van der Waals surface area (Å²) in [5.41, 5.74) is 0. The number of rotatable bonds is 35. The first kappa shape index (κ1) is 53.4. The minimum atomic E-state index is -4.61. The van der Waals surface area contributed by atoms with Gasteiger partial charge in [0, 0.05) is 6.42 Å². The van der Waals surface area contributed by atoms with Crippen LogP contribution in [0.15, 0.2) is 60.8 Å². The molecule has 334 valence electrons.